The molecule has 3 heterocycles. The second-order valence-electron chi connectivity index (χ2n) is 9.43. The van der Waals surface area contributed by atoms with Gasteiger partial charge in [0.25, 0.3) is 0 Å². The number of β-amino-alcohol motifs (C(OH)–C–C–N with tert-alkyl or cyclic N) is 1. The van der Waals surface area contributed by atoms with Crippen molar-refractivity contribution in [1.82, 2.24) is 35.0 Å². The van der Waals surface area contributed by atoms with Gasteiger partial charge in [-0.05, 0) is 47.7 Å². The van der Waals surface area contributed by atoms with Crippen molar-refractivity contribution < 1.29 is 28.2 Å². The minimum Gasteiger partial charge on any atom is -0.440 e. The topological polar surface area (TPSA) is 133 Å². The Morgan fingerprint density at radius 2 is 1.93 bits per heavy atom. The summed E-state index contributed by atoms with van der Waals surface area (Å²) in [5.41, 5.74) is -0.867. The number of aliphatic hydroxyl groups is 1. The molecule has 2 amide bonds. The van der Waals surface area contributed by atoms with Gasteiger partial charge in [-0.1, -0.05) is 11.0 Å². The maximum atomic E-state index is 15.1. The van der Waals surface area contributed by atoms with E-state index in [4.69, 9.17) is 4.74 Å². The van der Waals surface area contributed by atoms with Crippen molar-refractivity contribution in [2.45, 2.75) is 25.5 Å². The van der Waals surface area contributed by atoms with Crippen LogP contribution in [0.2, 0.25) is 0 Å². The largest absolute Gasteiger partial charge is 0.547 e. The second-order valence-corrected chi connectivity index (χ2v) is 9.43. The van der Waals surface area contributed by atoms with Crippen LogP contribution in [-0.2, 0) is 15.1 Å². The molecule has 3 aromatic rings. The van der Waals surface area contributed by atoms with Crippen molar-refractivity contribution in [3.63, 3.8) is 0 Å². The van der Waals surface area contributed by atoms with Crippen molar-refractivity contribution in [2.24, 2.45) is 5.10 Å². The number of carbonyl (C=O) groups is 2. The second kappa shape index (κ2) is 10.8. The number of aromatic nitrogens is 4. The first kappa shape index (κ1) is 26.8. The highest BCUT2D eigenvalue weighted by Crippen LogP contribution is 2.35. The number of hydrazone groups is 1. The Morgan fingerprint density at radius 3 is 2.60 bits per heavy atom. The number of hydrogen-bond acceptors (Lipinski definition) is 10. The lowest BCUT2D eigenvalue weighted by molar-refractivity contribution is -0.144. The lowest BCUT2D eigenvalue weighted by Crippen LogP contribution is -2.55. The van der Waals surface area contributed by atoms with Crippen LogP contribution in [0.25, 0.3) is 5.69 Å². The number of esters is 1. The van der Waals surface area contributed by atoms with E-state index in [0.717, 1.165) is 12.1 Å². The Kier molecular flexibility index (Phi) is 7.24. The number of ether oxygens (including phenoxy) is 1. The van der Waals surface area contributed by atoms with E-state index in [1.54, 1.807) is 36.1 Å². The Morgan fingerprint density at radius 1 is 1.18 bits per heavy atom. The third-order valence-corrected chi connectivity index (χ3v) is 6.88. The summed E-state index contributed by atoms with van der Waals surface area (Å²) < 4.78 is 35.3. The SMILES string of the molecule is CC(=O)OCN1[C+]=NN(C[C@@](O)(c2ccc(F)cc2F)[C@@H](C)N2CCN(c3ccc(-n4cnnn4)cc3)C2=O)C1. The summed E-state index contributed by atoms with van der Waals surface area (Å²) in [5, 5.41) is 28.6. The van der Waals surface area contributed by atoms with Crippen LogP contribution in [-0.4, -0.2) is 97.5 Å². The number of rotatable bonds is 9. The van der Waals surface area contributed by atoms with Gasteiger partial charge in [-0.25, -0.2) is 23.3 Å². The van der Waals surface area contributed by atoms with Gasteiger partial charge >= 0.3 is 18.3 Å². The Hall–Kier alpha value is -4.75. The van der Waals surface area contributed by atoms with Crippen molar-refractivity contribution >= 4 is 24.0 Å². The molecular formula is C25H26F2N9O4+. The molecule has 0 unspecified atom stereocenters. The van der Waals surface area contributed by atoms with Crippen molar-refractivity contribution in [2.75, 3.05) is 37.9 Å². The predicted molar refractivity (Wildman–Crippen MR) is 136 cm³/mol. The summed E-state index contributed by atoms with van der Waals surface area (Å²) in [6.07, 6.45) is 4.11. The van der Waals surface area contributed by atoms with E-state index in [0.29, 0.717) is 24.0 Å². The standard InChI is InChI=1S/C25H26F2N9O4/c1-17(34-9-10-35(24(34)38)20-4-6-21(7-5-20)36-13-28-30-31-36)25(39,22-8-3-19(26)11-23(22)27)12-33-15-32(14-29-33)16-40-18(2)37/h3-8,11,13,17,39H,9-10,12,15-16H2,1-2H3/q+1/t17-,25+/m1/s1. The average molecular weight is 555 g/mol. The third kappa shape index (κ3) is 5.24. The molecule has 2 aliphatic rings. The van der Waals surface area contributed by atoms with Crippen LogP contribution in [0, 0.1) is 11.6 Å². The van der Waals surface area contributed by atoms with E-state index in [2.05, 4.69) is 27.0 Å². The molecule has 0 spiro atoms. The predicted octanol–water partition coefficient (Wildman–Crippen LogP) is 1.37. The molecule has 1 saturated heterocycles. The number of amides is 2. The molecule has 1 fully saturated rings. The zero-order valence-electron chi connectivity index (χ0n) is 21.7. The molecule has 2 aromatic carbocycles. The highest BCUT2D eigenvalue weighted by atomic mass is 19.1. The van der Waals surface area contributed by atoms with Crippen LogP contribution in [0.5, 0.6) is 0 Å². The van der Waals surface area contributed by atoms with E-state index in [-0.39, 0.29) is 32.1 Å². The maximum Gasteiger partial charge on any atom is 0.547 e. The number of anilines is 1. The van der Waals surface area contributed by atoms with Crippen molar-refractivity contribution in [1.29, 1.82) is 0 Å². The molecular weight excluding hydrogens is 528 g/mol. The molecule has 208 valence electrons. The zero-order valence-corrected chi connectivity index (χ0v) is 21.7. The molecule has 5 rings (SSSR count). The van der Waals surface area contributed by atoms with Crippen LogP contribution in [0.3, 0.4) is 0 Å². The normalized spacial score (nSPS) is 17.3. The highest BCUT2D eigenvalue weighted by Gasteiger charge is 2.48. The monoisotopic (exact) mass is 554 g/mol. The van der Waals surface area contributed by atoms with Gasteiger partial charge < -0.3 is 14.7 Å². The van der Waals surface area contributed by atoms with Gasteiger partial charge in [0, 0.05) is 37.3 Å². The fourth-order valence-corrected chi connectivity index (χ4v) is 4.75. The summed E-state index contributed by atoms with van der Waals surface area (Å²) in [6.45, 7) is 3.14. The fourth-order valence-electron chi connectivity index (χ4n) is 4.75. The van der Waals surface area contributed by atoms with E-state index < -0.39 is 35.3 Å². The Bertz CT molecular complexity index is 1410. The lowest BCUT2D eigenvalue weighted by Gasteiger charge is -2.40. The summed E-state index contributed by atoms with van der Waals surface area (Å²) in [5.74, 6) is -2.24. The molecule has 13 nitrogen and oxygen atoms in total. The van der Waals surface area contributed by atoms with Gasteiger partial charge in [0.05, 0.1) is 18.3 Å². The van der Waals surface area contributed by atoms with Gasteiger partial charge in [-0.2, -0.15) is 0 Å². The van der Waals surface area contributed by atoms with Crippen LogP contribution in [0.15, 0.2) is 53.9 Å². The van der Waals surface area contributed by atoms with E-state index in [1.807, 2.05) is 0 Å². The highest BCUT2D eigenvalue weighted by molar-refractivity contribution is 5.94. The fraction of sp³-hybridized carbons (Fsp3) is 0.360. The number of benzene rings is 2. The quantitative estimate of drug-likeness (QED) is 0.308. The van der Waals surface area contributed by atoms with Gasteiger partial charge in [0.1, 0.15) is 28.7 Å². The number of hydrogen-bond donors (Lipinski definition) is 1. The number of urea groups is 1. The van der Waals surface area contributed by atoms with Gasteiger partial charge in [0.15, 0.2) is 6.67 Å². The smallest absolute Gasteiger partial charge is 0.440 e. The maximum absolute atomic E-state index is 15.1. The first-order valence-electron chi connectivity index (χ1n) is 12.3. The van der Waals surface area contributed by atoms with Crippen molar-refractivity contribution in [3.05, 3.63) is 66.0 Å². The molecule has 1 N–H and O–H groups in total. The average Bonchev–Trinajstić information content (AvgIpc) is 3.69. The molecule has 15 heteroatoms. The summed E-state index contributed by atoms with van der Waals surface area (Å²) in [6, 6.07) is 8.58. The van der Waals surface area contributed by atoms with Gasteiger partial charge in [0.2, 0.25) is 6.73 Å². The number of carbonyl (C=O) groups excluding carboxylic acids is 2. The Labute approximate surface area is 227 Å². The molecule has 0 saturated carbocycles. The molecule has 2 atom stereocenters. The number of nitrogens with zero attached hydrogens (tertiary/aromatic N) is 9. The Balaban J connectivity index is 1.37. The lowest BCUT2D eigenvalue weighted by atomic mass is 9.85. The molecule has 2 aliphatic heterocycles. The molecule has 0 bridgehead atoms. The molecule has 1 aromatic heterocycles. The molecule has 0 aliphatic carbocycles. The zero-order chi connectivity index (χ0) is 28.4. The summed E-state index contributed by atoms with van der Waals surface area (Å²) in [7, 11) is 0. The number of tetrazole rings is 1. The van der Waals surface area contributed by atoms with Gasteiger partial charge in [-0.3, -0.25) is 9.69 Å². The van der Waals surface area contributed by atoms with Crippen LogP contribution >= 0.6 is 0 Å². The van der Waals surface area contributed by atoms with Crippen LogP contribution in [0.1, 0.15) is 19.4 Å². The van der Waals surface area contributed by atoms with E-state index in [1.165, 1.54) is 32.7 Å². The summed E-state index contributed by atoms with van der Waals surface area (Å²) in [4.78, 5) is 29.1. The van der Waals surface area contributed by atoms with Crippen molar-refractivity contribution in [3.8, 4) is 5.69 Å². The first-order valence-corrected chi connectivity index (χ1v) is 12.3. The first-order chi connectivity index (χ1) is 19.2. The van der Waals surface area contributed by atoms with E-state index >= 15 is 4.39 Å². The number of halogens is 2. The van der Waals surface area contributed by atoms with Gasteiger partial charge in [-0.15, -0.1) is 5.10 Å². The minimum atomic E-state index is -2.00. The summed E-state index contributed by atoms with van der Waals surface area (Å²) >= 11 is 0. The molecule has 40 heavy (non-hydrogen) atoms. The van der Waals surface area contributed by atoms with E-state index in [9.17, 15) is 19.1 Å². The molecule has 0 radical (unpaired) electrons. The third-order valence-electron chi connectivity index (χ3n) is 6.88. The van der Waals surface area contributed by atoms with Crippen LogP contribution in [0.4, 0.5) is 19.3 Å². The van der Waals surface area contributed by atoms with Crippen LogP contribution < -0.4 is 4.90 Å². The minimum absolute atomic E-state index is 0.0822.